The standard InChI is InChI=1S/C16H17BrFN/c1-9-6-10(2)15(11(3)7-9)16(19)13-5-4-12(18)8-14(13)17/h4-8,16H,19H2,1-3H3. The first kappa shape index (κ1) is 14.2. The molecule has 2 aromatic carbocycles. The Morgan fingerprint density at radius 1 is 1.05 bits per heavy atom. The lowest BCUT2D eigenvalue weighted by molar-refractivity contribution is 0.625. The Kier molecular flexibility index (Phi) is 4.07. The molecule has 19 heavy (non-hydrogen) atoms. The van der Waals surface area contributed by atoms with Crippen LogP contribution in [0.15, 0.2) is 34.8 Å². The van der Waals surface area contributed by atoms with Crippen molar-refractivity contribution in [1.82, 2.24) is 0 Å². The fraction of sp³-hybridized carbons (Fsp3) is 0.250. The molecule has 0 bridgehead atoms. The van der Waals surface area contributed by atoms with Crippen molar-refractivity contribution in [3.63, 3.8) is 0 Å². The smallest absolute Gasteiger partial charge is 0.124 e. The van der Waals surface area contributed by atoms with Crippen molar-refractivity contribution in [2.75, 3.05) is 0 Å². The van der Waals surface area contributed by atoms with Gasteiger partial charge in [-0.25, -0.2) is 4.39 Å². The molecule has 2 N–H and O–H groups in total. The number of hydrogen-bond acceptors (Lipinski definition) is 1. The summed E-state index contributed by atoms with van der Waals surface area (Å²) in [4.78, 5) is 0. The molecule has 0 saturated carbocycles. The zero-order valence-corrected chi connectivity index (χ0v) is 12.9. The maximum Gasteiger partial charge on any atom is 0.124 e. The van der Waals surface area contributed by atoms with Crippen LogP contribution in [0.1, 0.15) is 33.9 Å². The summed E-state index contributed by atoms with van der Waals surface area (Å²) in [6.45, 7) is 6.20. The Labute approximate surface area is 121 Å². The van der Waals surface area contributed by atoms with Crippen molar-refractivity contribution < 1.29 is 4.39 Å². The van der Waals surface area contributed by atoms with Gasteiger partial charge in [-0.3, -0.25) is 0 Å². The monoisotopic (exact) mass is 321 g/mol. The lowest BCUT2D eigenvalue weighted by atomic mass is 9.90. The number of rotatable bonds is 2. The summed E-state index contributed by atoms with van der Waals surface area (Å²) in [6, 6.07) is 8.63. The summed E-state index contributed by atoms with van der Waals surface area (Å²) in [5, 5.41) is 0. The molecule has 0 aliphatic heterocycles. The third-order valence-electron chi connectivity index (χ3n) is 3.35. The highest BCUT2D eigenvalue weighted by molar-refractivity contribution is 9.10. The molecule has 2 rings (SSSR count). The molecular formula is C16H17BrFN. The average molecular weight is 322 g/mol. The van der Waals surface area contributed by atoms with Gasteiger partial charge in [-0.2, -0.15) is 0 Å². The van der Waals surface area contributed by atoms with Gasteiger partial charge < -0.3 is 5.73 Å². The quantitative estimate of drug-likeness (QED) is 0.862. The molecule has 2 aromatic rings. The van der Waals surface area contributed by atoms with Crippen LogP contribution in [0.4, 0.5) is 4.39 Å². The minimum Gasteiger partial charge on any atom is -0.320 e. The normalized spacial score (nSPS) is 12.5. The highest BCUT2D eigenvalue weighted by atomic mass is 79.9. The molecule has 0 spiro atoms. The Morgan fingerprint density at radius 3 is 2.16 bits per heavy atom. The molecule has 0 fully saturated rings. The Balaban J connectivity index is 2.53. The molecule has 0 amide bonds. The summed E-state index contributed by atoms with van der Waals surface area (Å²) in [5.41, 5.74) is 11.9. The van der Waals surface area contributed by atoms with Gasteiger partial charge in [0.05, 0.1) is 6.04 Å². The van der Waals surface area contributed by atoms with Crippen LogP contribution in [0.5, 0.6) is 0 Å². The fourth-order valence-corrected chi connectivity index (χ4v) is 3.19. The first-order valence-electron chi connectivity index (χ1n) is 6.18. The van der Waals surface area contributed by atoms with Gasteiger partial charge in [0.15, 0.2) is 0 Å². The Morgan fingerprint density at radius 2 is 1.63 bits per heavy atom. The predicted octanol–water partition coefficient (Wildman–Crippen LogP) is 4.56. The number of hydrogen-bond donors (Lipinski definition) is 1. The van der Waals surface area contributed by atoms with Gasteiger partial charge in [-0.1, -0.05) is 39.7 Å². The van der Waals surface area contributed by atoms with Crippen LogP contribution in [0, 0.1) is 26.6 Å². The zero-order valence-electron chi connectivity index (χ0n) is 11.3. The van der Waals surface area contributed by atoms with E-state index >= 15 is 0 Å². The van der Waals surface area contributed by atoms with Gasteiger partial charge in [-0.15, -0.1) is 0 Å². The van der Waals surface area contributed by atoms with Gasteiger partial charge in [0, 0.05) is 4.47 Å². The SMILES string of the molecule is Cc1cc(C)c(C(N)c2ccc(F)cc2Br)c(C)c1. The molecule has 1 atom stereocenters. The molecule has 1 nitrogen and oxygen atoms in total. The fourth-order valence-electron chi connectivity index (χ4n) is 2.59. The summed E-state index contributed by atoms with van der Waals surface area (Å²) in [7, 11) is 0. The highest BCUT2D eigenvalue weighted by Gasteiger charge is 2.17. The second-order valence-electron chi connectivity index (χ2n) is 4.96. The van der Waals surface area contributed by atoms with E-state index < -0.39 is 0 Å². The van der Waals surface area contributed by atoms with Gasteiger partial charge in [0.25, 0.3) is 0 Å². The molecule has 0 aliphatic carbocycles. The minimum atomic E-state index is -0.264. The molecule has 0 radical (unpaired) electrons. The van der Waals surface area contributed by atoms with E-state index in [1.54, 1.807) is 6.07 Å². The number of benzene rings is 2. The lowest BCUT2D eigenvalue weighted by Crippen LogP contribution is -2.15. The maximum atomic E-state index is 13.2. The lowest BCUT2D eigenvalue weighted by Gasteiger charge is -2.20. The van der Waals surface area contributed by atoms with Crippen molar-refractivity contribution >= 4 is 15.9 Å². The van der Waals surface area contributed by atoms with Gasteiger partial charge in [-0.05, 0) is 55.2 Å². The van der Waals surface area contributed by atoms with Gasteiger partial charge >= 0.3 is 0 Å². The van der Waals surface area contributed by atoms with E-state index in [1.807, 2.05) is 0 Å². The van der Waals surface area contributed by atoms with Crippen molar-refractivity contribution in [3.05, 3.63) is 68.4 Å². The van der Waals surface area contributed by atoms with E-state index in [9.17, 15) is 4.39 Å². The molecule has 0 aromatic heterocycles. The molecule has 1 unspecified atom stereocenters. The van der Waals surface area contributed by atoms with Crippen LogP contribution >= 0.6 is 15.9 Å². The second kappa shape index (κ2) is 5.43. The molecule has 3 heteroatoms. The number of halogens is 2. The zero-order chi connectivity index (χ0) is 14.2. The predicted molar refractivity (Wildman–Crippen MR) is 80.8 cm³/mol. The summed E-state index contributed by atoms with van der Waals surface area (Å²) >= 11 is 3.39. The van der Waals surface area contributed by atoms with E-state index in [1.165, 1.54) is 28.8 Å². The van der Waals surface area contributed by atoms with E-state index in [4.69, 9.17) is 5.73 Å². The van der Waals surface area contributed by atoms with Crippen LogP contribution < -0.4 is 5.73 Å². The molecular weight excluding hydrogens is 305 g/mol. The van der Waals surface area contributed by atoms with Crippen molar-refractivity contribution in [2.24, 2.45) is 5.73 Å². The van der Waals surface area contributed by atoms with Crippen molar-refractivity contribution in [2.45, 2.75) is 26.8 Å². The third kappa shape index (κ3) is 2.88. The van der Waals surface area contributed by atoms with E-state index in [0.29, 0.717) is 4.47 Å². The van der Waals surface area contributed by atoms with Gasteiger partial charge in [0.2, 0.25) is 0 Å². The largest absolute Gasteiger partial charge is 0.320 e. The third-order valence-corrected chi connectivity index (χ3v) is 4.03. The van der Waals surface area contributed by atoms with E-state index in [0.717, 1.165) is 11.1 Å². The van der Waals surface area contributed by atoms with Gasteiger partial charge in [0.1, 0.15) is 5.82 Å². The van der Waals surface area contributed by atoms with Crippen LogP contribution in [0.25, 0.3) is 0 Å². The first-order chi connectivity index (χ1) is 8.90. The minimum absolute atomic E-state index is 0.254. The topological polar surface area (TPSA) is 26.0 Å². The van der Waals surface area contributed by atoms with Crippen LogP contribution in [-0.4, -0.2) is 0 Å². The first-order valence-corrected chi connectivity index (χ1v) is 6.97. The summed E-state index contributed by atoms with van der Waals surface area (Å²) < 4.78 is 13.9. The summed E-state index contributed by atoms with van der Waals surface area (Å²) in [5.74, 6) is -0.264. The molecule has 0 saturated heterocycles. The molecule has 0 aliphatic rings. The van der Waals surface area contributed by atoms with Crippen LogP contribution in [0.3, 0.4) is 0 Å². The molecule has 100 valence electrons. The van der Waals surface area contributed by atoms with E-state index in [2.05, 4.69) is 48.8 Å². The van der Waals surface area contributed by atoms with Crippen molar-refractivity contribution in [1.29, 1.82) is 0 Å². The molecule has 0 heterocycles. The average Bonchev–Trinajstić information content (AvgIpc) is 2.26. The van der Waals surface area contributed by atoms with Crippen LogP contribution in [0.2, 0.25) is 0 Å². The Bertz CT molecular complexity index is 599. The van der Waals surface area contributed by atoms with Crippen LogP contribution in [-0.2, 0) is 0 Å². The highest BCUT2D eigenvalue weighted by Crippen LogP contribution is 2.31. The Hall–Kier alpha value is -1.19. The summed E-state index contributed by atoms with van der Waals surface area (Å²) in [6.07, 6.45) is 0. The van der Waals surface area contributed by atoms with Crippen molar-refractivity contribution in [3.8, 4) is 0 Å². The number of nitrogens with two attached hydrogens (primary N) is 1. The maximum absolute atomic E-state index is 13.2. The number of aryl methyl sites for hydroxylation is 3. The second-order valence-corrected chi connectivity index (χ2v) is 5.81. The van der Waals surface area contributed by atoms with E-state index in [-0.39, 0.29) is 11.9 Å².